The Hall–Kier alpha value is -0.930. The largest absolute Gasteiger partial charge is 0.393 e. The SMILES string of the molecule is CC1CC1CN(C)C(CC(N)=S)c1ccccc1. The first-order valence-electron chi connectivity index (χ1n) is 6.61. The van der Waals surface area contributed by atoms with Crippen LogP contribution < -0.4 is 5.73 Å². The van der Waals surface area contributed by atoms with Crippen LogP contribution in [0.2, 0.25) is 0 Å². The third kappa shape index (κ3) is 3.53. The molecule has 1 aliphatic rings. The molecule has 0 amide bonds. The summed E-state index contributed by atoms with van der Waals surface area (Å²) in [5.41, 5.74) is 7.05. The van der Waals surface area contributed by atoms with Crippen molar-refractivity contribution in [3.8, 4) is 0 Å². The van der Waals surface area contributed by atoms with Gasteiger partial charge in [0.2, 0.25) is 0 Å². The van der Waals surface area contributed by atoms with Crippen LogP contribution in [0.5, 0.6) is 0 Å². The summed E-state index contributed by atoms with van der Waals surface area (Å²) in [6.45, 7) is 3.47. The van der Waals surface area contributed by atoms with Crippen molar-refractivity contribution in [1.29, 1.82) is 0 Å². The van der Waals surface area contributed by atoms with Crippen LogP contribution in [0.15, 0.2) is 30.3 Å². The maximum atomic E-state index is 5.75. The molecule has 2 nitrogen and oxygen atoms in total. The molecule has 0 bridgehead atoms. The normalized spacial score (nSPS) is 23.9. The van der Waals surface area contributed by atoms with Crippen LogP contribution in [0, 0.1) is 11.8 Å². The van der Waals surface area contributed by atoms with E-state index in [1.54, 1.807) is 0 Å². The van der Waals surface area contributed by atoms with Gasteiger partial charge in [0.1, 0.15) is 0 Å². The summed E-state index contributed by atoms with van der Waals surface area (Å²) in [5.74, 6) is 1.74. The molecule has 0 aliphatic heterocycles. The van der Waals surface area contributed by atoms with Crippen LogP contribution in [-0.4, -0.2) is 23.5 Å². The number of hydrogen-bond acceptors (Lipinski definition) is 2. The fourth-order valence-corrected chi connectivity index (χ4v) is 2.70. The number of benzene rings is 1. The Morgan fingerprint density at radius 1 is 1.44 bits per heavy atom. The average Bonchev–Trinajstić information content (AvgIpc) is 3.02. The highest BCUT2D eigenvalue weighted by molar-refractivity contribution is 7.80. The third-order valence-electron chi connectivity index (χ3n) is 3.91. The van der Waals surface area contributed by atoms with Gasteiger partial charge in [-0.25, -0.2) is 0 Å². The van der Waals surface area contributed by atoms with Gasteiger partial charge >= 0.3 is 0 Å². The first kappa shape index (κ1) is 13.5. The number of rotatable bonds is 6. The van der Waals surface area contributed by atoms with E-state index in [4.69, 9.17) is 18.0 Å². The molecule has 1 saturated carbocycles. The fourth-order valence-electron chi connectivity index (χ4n) is 2.54. The first-order valence-corrected chi connectivity index (χ1v) is 7.02. The molecule has 18 heavy (non-hydrogen) atoms. The van der Waals surface area contributed by atoms with E-state index < -0.39 is 0 Å². The average molecular weight is 262 g/mol. The van der Waals surface area contributed by atoms with E-state index in [-0.39, 0.29) is 0 Å². The van der Waals surface area contributed by atoms with E-state index in [1.165, 1.54) is 12.0 Å². The Kier molecular flexibility index (Phi) is 4.36. The van der Waals surface area contributed by atoms with E-state index in [1.807, 2.05) is 6.07 Å². The lowest BCUT2D eigenvalue weighted by molar-refractivity contribution is 0.237. The van der Waals surface area contributed by atoms with Gasteiger partial charge in [0.15, 0.2) is 0 Å². The van der Waals surface area contributed by atoms with Gasteiger partial charge in [-0.3, -0.25) is 4.90 Å². The molecule has 1 aromatic rings. The van der Waals surface area contributed by atoms with Crippen molar-refractivity contribution < 1.29 is 0 Å². The third-order valence-corrected chi connectivity index (χ3v) is 4.08. The summed E-state index contributed by atoms with van der Waals surface area (Å²) >= 11 is 5.09. The van der Waals surface area contributed by atoms with Crippen molar-refractivity contribution in [1.82, 2.24) is 4.90 Å². The topological polar surface area (TPSA) is 29.3 Å². The molecule has 2 rings (SSSR count). The Morgan fingerprint density at radius 2 is 2.06 bits per heavy atom. The van der Waals surface area contributed by atoms with E-state index in [9.17, 15) is 0 Å². The summed E-state index contributed by atoms with van der Waals surface area (Å²) < 4.78 is 0. The molecule has 0 spiro atoms. The maximum absolute atomic E-state index is 5.75. The van der Waals surface area contributed by atoms with Crippen LogP contribution in [0.3, 0.4) is 0 Å². The van der Waals surface area contributed by atoms with Crippen molar-refractivity contribution in [2.75, 3.05) is 13.6 Å². The van der Waals surface area contributed by atoms with Gasteiger partial charge in [-0.05, 0) is 30.9 Å². The zero-order chi connectivity index (χ0) is 13.1. The zero-order valence-corrected chi connectivity index (χ0v) is 12.0. The van der Waals surface area contributed by atoms with Crippen LogP contribution in [0.25, 0.3) is 0 Å². The van der Waals surface area contributed by atoms with Gasteiger partial charge in [-0.1, -0.05) is 49.5 Å². The molecule has 1 aliphatic carbocycles. The first-order chi connectivity index (χ1) is 8.58. The maximum Gasteiger partial charge on any atom is 0.0746 e. The molecule has 98 valence electrons. The van der Waals surface area contributed by atoms with Crippen LogP contribution in [-0.2, 0) is 0 Å². The smallest absolute Gasteiger partial charge is 0.0746 e. The van der Waals surface area contributed by atoms with Crippen molar-refractivity contribution in [2.24, 2.45) is 17.6 Å². The van der Waals surface area contributed by atoms with Crippen LogP contribution in [0.4, 0.5) is 0 Å². The fraction of sp³-hybridized carbons (Fsp3) is 0.533. The standard InChI is InChI=1S/C15H22N2S/c1-11-8-13(11)10-17(2)14(9-15(16)18)12-6-4-3-5-7-12/h3-7,11,13-14H,8-10H2,1-2H3,(H2,16,18). The Labute approximate surface area is 115 Å². The highest BCUT2D eigenvalue weighted by atomic mass is 32.1. The van der Waals surface area contributed by atoms with Crippen LogP contribution in [0.1, 0.15) is 31.4 Å². The quantitative estimate of drug-likeness (QED) is 0.799. The minimum absolute atomic E-state index is 0.316. The van der Waals surface area contributed by atoms with Crippen molar-refractivity contribution in [3.05, 3.63) is 35.9 Å². The van der Waals surface area contributed by atoms with Gasteiger partial charge in [0.25, 0.3) is 0 Å². The summed E-state index contributed by atoms with van der Waals surface area (Å²) in [5, 5.41) is 0. The lowest BCUT2D eigenvalue weighted by atomic mass is 10.0. The molecular weight excluding hydrogens is 240 g/mol. The van der Waals surface area contributed by atoms with Gasteiger partial charge in [0.05, 0.1) is 4.99 Å². The lowest BCUT2D eigenvalue weighted by Crippen LogP contribution is -2.30. The number of hydrogen-bond donors (Lipinski definition) is 1. The van der Waals surface area contributed by atoms with Gasteiger partial charge < -0.3 is 5.73 Å². The van der Waals surface area contributed by atoms with E-state index in [0.717, 1.165) is 24.8 Å². The minimum Gasteiger partial charge on any atom is -0.393 e. The molecule has 0 radical (unpaired) electrons. The van der Waals surface area contributed by atoms with Gasteiger partial charge in [0, 0.05) is 19.0 Å². The molecule has 1 aromatic carbocycles. The molecule has 3 atom stereocenters. The van der Waals surface area contributed by atoms with E-state index in [2.05, 4.69) is 43.1 Å². The molecule has 1 fully saturated rings. The Morgan fingerprint density at radius 3 is 2.56 bits per heavy atom. The highest BCUT2D eigenvalue weighted by Crippen LogP contribution is 2.39. The number of thiocarbonyl (C=S) groups is 1. The van der Waals surface area contributed by atoms with Crippen molar-refractivity contribution >= 4 is 17.2 Å². The van der Waals surface area contributed by atoms with Crippen LogP contribution >= 0.6 is 12.2 Å². The molecule has 0 aromatic heterocycles. The molecule has 3 unspecified atom stereocenters. The predicted molar refractivity (Wildman–Crippen MR) is 80.5 cm³/mol. The van der Waals surface area contributed by atoms with E-state index >= 15 is 0 Å². The Balaban J connectivity index is 2.06. The summed E-state index contributed by atoms with van der Waals surface area (Å²) in [7, 11) is 2.18. The predicted octanol–water partition coefficient (Wildman–Crippen LogP) is 2.99. The minimum atomic E-state index is 0.316. The van der Waals surface area contributed by atoms with Crippen molar-refractivity contribution in [3.63, 3.8) is 0 Å². The summed E-state index contributed by atoms with van der Waals surface area (Å²) in [6.07, 6.45) is 2.12. The van der Waals surface area contributed by atoms with Gasteiger partial charge in [-0.2, -0.15) is 0 Å². The molecule has 3 heteroatoms. The summed E-state index contributed by atoms with van der Waals surface area (Å²) in [4.78, 5) is 3.00. The highest BCUT2D eigenvalue weighted by Gasteiger charge is 2.34. The second-order valence-corrected chi connectivity index (χ2v) is 6.03. The monoisotopic (exact) mass is 262 g/mol. The van der Waals surface area contributed by atoms with E-state index in [0.29, 0.717) is 11.0 Å². The molecule has 0 heterocycles. The second kappa shape index (κ2) is 5.81. The van der Waals surface area contributed by atoms with Crippen molar-refractivity contribution in [2.45, 2.75) is 25.8 Å². The molecule has 0 saturated heterocycles. The summed E-state index contributed by atoms with van der Waals surface area (Å²) in [6, 6.07) is 10.8. The van der Waals surface area contributed by atoms with Gasteiger partial charge in [-0.15, -0.1) is 0 Å². The number of nitrogens with two attached hydrogens (primary N) is 1. The second-order valence-electron chi connectivity index (χ2n) is 5.51. The number of nitrogens with zero attached hydrogens (tertiary/aromatic N) is 1. The molecule has 2 N–H and O–H groups in total. The lowest BCUT2D eigenvalue weighted by Gasteiger charge is -2.28. The Bertz CT molecular complexity index is 404. The zero-order valence-electron chi connectivity index (χ0n) is 11.2. The molecular formula is C15H22N2S.